The quantitative estimate of drug-likeness (QED) is 0.216. The summed E-state index contributed by atoms with van der Waals surface area (Å²) in [5.41, 5.74) is 1.99. The van der Waals surface area contributed by atoms with Gasteiger partial charge in [-0.3, -0.25) is 19.6 Å². The van der Waals surface area contributed by atoms with E-state index in [1.807, 2.05) is 0 Å². The third-order valence-corrected chi connectivity index (χ3v) is 8.21. The molecule has 4 aromatic rings. The van der Waals surface area contributed by atoms with Crippen LogP contribution in [0.4, 0.5) is 17.3 Å². The van der Waals surface area contributed by atoms with Gasteiger partial charge >= 0.3 is 0 Å². The monoisotopic (exact) mass is 590 g/mol. The number of carbonyl (C=O) groups excluding carboxylic acids is 2. The molecule has 2 heterocycles. The third kappa shape index (κ3) is 6.26. The van der Waals surface area contributed by atoms with E-state index in [9.17, 15) is 18.0 Å². The Morgan fingerprint density at radius 1 is 0.905 bits per heavy atom. The van der Waals surface area contributed by atoms with Crippen molar-refractivity contribution in [1.82, 2.24) is 20.6 Å². The van der Waals surface area contributed by atoms with E-state index in [4.69, 9.17) is 9.47 Å². The van der Waals surface area contributed by atoms with Crippen LogP contribution >= 0.6 is 0 Å². The number of ether oxygens (including phenoxy) is 2. The number of imide groups is 1. The molecule has 5 rings (SSSR count). The number of methoxy groups -OCH3 is 2. The van der Waals surface area contributed by atoms with Crippen LogP contribution in [0.5, 0.6) is 11.5 Å². The van der Waals surface area contributed by atoms with Gasteiger partial charge in [-0.1, -0.05) is 24.3 Å². The molecule has 4 N–H and O–H groups in total. The van der Waals surface area contributed by atoms with E-state index < -0.39 is 21.8 Å². The topological polar surface area (TPSA) is 161 Å². The number of hydrogen-bond acceptors (Lipinski definition) is 10. The van der Waals surface area contributed by atoms with Crippen molar-refractivity contribution < 1.29 is 27.5 Å². The van der Waals surface area contributed by atoms with Crippen LogP contribution in [-0.2, 0) is 19.6 Å². The predicted molar refractivity (Wildman–Crippen MR) is 158 cm³/mol. The summed E-state index contributed by atoms with van der Waals surface area (Å²) in [5, 5.41) is 8.52. The molecule has 2 amide bonds. The number of carbonyl (C=O) groups is 2. The Morgan fingerprint density at radius 3 is 2.14 bits per heavy atom. The predicted octanol–water partition coefficient (Wildman–Crippen LogP) is 3.16. The van der Waals surface area contributed by atoms with Gasteiger partial charge in [-0.15, -0.1) is 0 Å². The number of hydrogen-bond donors (Lipinski definition) is 4. The second-order valence-corrected chi connectivity index (χ2v) is 11.4. The highest BCUT2D eigenvalue weighted by Crippen LogP contribution is 2.32. The van der Waals surface area contributed by atoms with Crippen molar-refractivity contribution >= 4 is 50.2 Å². The van der Waals surface area contributed by atoms with Crippen LogP contribution in [0.15, 0.2) is 71.6 Å². The van der Waals surface area contributed by atoms with Gasteiger partial charge in [0.1, 0.15) is 11.5 Å². The number of sulfonamides is 1. The van der Waals surface area contributed by atoms with Crippen molar-refractivity contribution in [2.24, 2.45) is 5.92 Å². The number of nitrogens with zero attached hydrogens (tertiary/aromatic N) is 2. The van der Waals surface area contributed by atoms with Crippen molar-refractivity contribution in [3.8, 4) is 11.5 Å². The van der Waals surface area contributed by atoms with Crippen molar-refractivity contribution in [2.75, 3.05) is 37.3 Å². The molecule has 0 radical (unpaired) electrons. The molecule has 0 aliphatic carbocycles. The SMILES string of the molecule is COc1cc(Nc2nc3ccccc3nc2NS(=O)(=O)c2cccc(C(C)C(=O)NC(=O)C3CNC3)c2)cc(OC)c1. The van der Waals surface area contributed by atoms with Gasteiger partial charge in [-0.2, -0.15) is 0 Å². The summed E-state index contributed by atoms with van der Waals surface area (Å²) in [6.07, 6.45) is 0. The Kier molecular flexibility index (Phi) is 8.22. The van der Waals surface area contributed by atoms with Crippen LogP contribution in [0.25, 0.3) is 11.0 Å². The highest BCUT2D eigenvalue weighted by atomic mass is 32.2. The lowest BCUT2D eigenvalue weighted by Gasteiger charge is -2.26. The molecule has 1 aliphatic heterocycles. The molecule has 0 bridgehead atoms. The first-order valence-electron chi connectivity index (χ1n) is 13.1. The lowest BCUT2D eigenvalue weighted by atomic mass is 9.99. The number of para-hydroxylation sites is 2. The number of anilines is 3. The molecule has 0 saturated carbocycles. The minimum absolute atomic E-state index is 0.0358. The molecule has 218 valence electrons. The second-order valence-electron chi connectivity index (χ2n) is 9.74. The highest BCUT2D eigenvalue weighted by molar-refractivity contribution is 7.92. The molecule has 1 aromatic heterocycles. The lowest BCUT2D eigenvalue weighted by molar-refractivity contribution is -0.134. The van der Waals surface area contributed by atoms with Gasteiger partial charge in [0.05, 0.1) is 42.0 Å². The standard InChI is InChI=1S/C29H30N6O6S/c1-17(28(36)34-29(37)19-15-30-16-19)18-7-6-8-23(11-18)42(38,39)35-27-26(32-24-9-4-5-10-25(24)33-27)31-20-12-21(40-2)14-22(13-20)41-3/h4-14,17,19,30H,15-16H2,1-3H3,(H,31,32)(H,33,35)(H,34,36,37). The van der Waals surface area contributed by atoms with E-state index >= 15 is 0 Å². The molecule has 13 heteroatoms. The van der Waals surface area contributed by atoms with Crippen LogP contribution in [0.1, 0.15) is 18.4 Å². The van der Waals surface area contributed by atoms with Gasteiger partial charge < -0.3 is 20.1 Å². The minimum atomic E-state index is -4.18. The smallest absolute Gasteiger partial charge is 0.263 e. The summed E-state index contributed by atoms with van der Waals surface area (Å²) in [6.45, 7) is 2.65. The summed E-state index contributed by atoms with van der Waals surface area (Å²) < 4.78 is 40.4. The molecule has 12 nitrogen and oxygen atoms in total. The van der Waals surface area contributed by atoms with Gasteiger partial charge in [-0.05, 0) is 36.8 Å². The van der Waals surface area contributed by atoms with E-state index in [0.29, 0.717) is 46.9 Å². The van der Waals surface area contributed by atoms with Crippen LogP contribution in [0, 0.1) is 5.92 Å². The Morgan fingerprint density at radius 2 is 1.55 bits per heavy atom. The molecular weight excluding hydrogens is 560 g/mol. The van der Waals surface area contributed by atoms with Crippen LogP contribution in [0.2, 0.25) is 0 Å². The van der Waals surface area contributed by atoms with E-state index in [2.05, 4.69) is 30.6 Å². The van der Waals surface area contributed by atoms with Crippen molar-refractivity contribution in [3.63, 3.8) is 0 Å². The Hall–Kier alpha value is -4.75. The summed E-state index contributed by atoms with van der Waals surface area (Å²) in [5.74, 6) is -0.706. The summed E-state index contributed by atoms with van der Waals surface area (Å²) in [4.78, 5) is 34.0. The fourth-order valence-corrected chi connectivity index (χ4v) is 5.33. The Bertz CT molecular complexity index is 1740. The molecule has 1 aliphatic rings. The maximum Gasteiger partial charge on any atom is 0.263 e. The van der Waals surface area contributed by atoms with E-state index in [1.165, 1.54) is 26.4 Å². The second kappa shape index (κ2) is 12.0. The first-order chi connectivity index (χ1) is 20.2. The first kappa shape index (κ1) is 28.8. The maximum atomic E-state index is 13.6. The molecule has 3 aromatic carbocycles. The average molecular weight is 591 g/mol. The maximum absolute atomic E-state index is 13.6. The van der Waals surface area contributed by atoms with E-state index in [-0.39, 0.29) is 28.4 Å². The highest BCUT2D eigenvalue weighted by Gasteiger charge is 2.28. The average Bonchev–Trinajstić information content (AvgIpc) is 2.95. The van der Waals surface area contributed by atoms with Crippen molar-refractivity contribution in [2.45, 2.75) is 17.7 Å². The van der Waals surface area contributed by atoms with Gasteiger partial charge in [0, 0.05) is 37.0 Å². The molecule has 0 spiro atoms. The fraction of sp³-hybridized carbons (Fsp3) is 0.241. The molecule has 1 unspecified atom stereocenters. The van der Waals surface area contributed by atoms with Crippen LogP contribution in [-0.4, -0.2) is 57.5 Å². The number of fused-ring (bicyclic) bond motifs is 1. The normalized spacial score (nSPS) is 14.0. The summed E-state index contributed by atoms with van der Waals surface area (Å²) >= 11 is 0. The third-order valence-electron chi connectivity index (χ3n) is 6.88. The number of aromatic nitrogens is 2. The molecular formula is C29H30N6O6S. The summed E-state index contributed by atoms with van der Waals surface area (Å²) in [7, 11) is -1.14. The molecule has 1 saturated heterocycles. The largest absolute Gasteiger partial charge is 0.497 e. The van der Waals surface area contributed by atoms with Crippen molar-refractivity contribution in [3.05, 3.63) is 72.3 Å². The number of rotatable bonds is 10. The summed E-state index contributed by atoms with van der Waals surface area (Å²) in [6, 6.07) is 18.2. The lowest BCUT2D eigenvalue weighted by Crippen LogP contribution is -2.52. The van der Waals surface area contributed by atoms with Gasteiger partial charge in [0.25, 0.3) is 10.0 Å². The number of amides is 2. The Labute approximate surface area is 242 Å². The molecule has 42 heavy (non-hydrogen) atoms. The number of nitrogens with one attached hydrogen (secondary N) is 4. The molecule has 1 fully saturated rings. The first-order valence-corrected chi connectivity index (χ1v) is 14.6. The van der Waals surface area contributed by atoms with Crippen LogP contribution < -0.4 is 30.1 Å². The van der Waals surface area contributed by atoms with Gasteiger partial charge in [0.2, 0.25) is 11.8 Å². The zero-order valence-electron chi connectivity index (χ0n) is 23.2. The van der Waals surface area contributed by atoms with Crippen LogP contribution in [0.3, 0.4) is 0 Å². The Balaban J connectivity index is 1.44. The van der Waals surface area contributed by atoms with E-state index in [1.54, 1.807) is 61.5 Å². The van der Waals surface area contributed by atoms with Gasteiger partial charge in [-0.25, -0.2) is 18.4 Å². The zero-order chi connectivity index (χ0) is 29.9. The van der Waals surface area contributed by atoms with Gasteiger partial charge in [0.15, 0.2) is 11.6 Å². The zero-order valence-corrected chi connectivity index (χ0v) is 24.0. The fourth-order valence-electron chi connectivity index (χ4n) is 4.27. The van der Waals surface area contributed by atoms with E-state index in [0.717, 1.165) is 0 Å². The minimum Gasteiger partial charge on any atom is -0.497 e. The number of benzene rings is 3. The molecule has 1 atom stereocenters. The van der Waals surface area contributed by atoms with Crippen molar-refractivity contribution in [1.29, 1.82) is 0 Å².